The molecule has 3 heteroatoms. The molecule has 0 saturated heterocycles. The normalized spacial score (nSPS) is 44.1. The number of Topliss-reactive ketones (excluding diaryl/α,β-unsaturated/α-hetero) is 1. The molecule has 0 aromatic carbocycles. The number of carbonyl (C=O) groups is 2. The van der Waals surface area contributed by atoms with Gasteiger partial charge in [-0.1, -0.05) is 27.7 Å². The number of carboxylic acids is 1. The number of hydrogen-bond acceptors (Lipinski definition) is 2. The van der Waals surface area contributed by atoms with Crippen LogP contribution in [0.1, 0.15) is 34.6 Å². The van der Waals surface area contributed by atoms with Crippen molar-refractivity contribution >= 4 is 11.8 Å². The molecule has 2 rings (SSSR count). The molecule has 0 aliphatic heterocycles. The highest BCUT2D eigenvalue weighted by Gasteiger charge is 2.48. The molecule has 6 atom stereocenters. The van der Waals surface area contributed by atoms with E-state index >= 15 is 0 Å². The Labute approximate surface area is 97.2 Å². The molecule has 3 nitrogen and oxygen atoms in total. The van der Waals surface area contributed by atoms with E-state index in [1.807, 2.05) is 13.8 Å². The van der Waals surface area contributed by atoms with Crippen LogP contribution in [-0.2, 0) is 9.59 Å². The van der Waals surface area contributed by atoms with Crippen molar-refractivity contribution in [3.8, 4) is 0 Å². The van der Waals surface area contributed by atoms with Crippen LogP contribution in [0, 0.1) is 35.5 Å². The molecule has 1 N–H and O–H groups in total. The van der Waals surface area contributed by atoms with Crippen LogP contribution >= 0.6 is 0 Å². The first kappa shape index (κ1) is 13.2. The van der Waals surface area contributed by atoms with Crippen LogP contribution in [0.4, 0.5) is 0 Å². The molecule has 2 aliphatic carbocycles. The first-order valence-corrected chi connectivity index (χ1v) is 6.02. The predicted octanol–water partition coefficient (Wildman–Crippen LogP) is 2.45. The second kappa shape index (κ2) is 4.56. The van der Waals surface area contributed by atoms with Crippen LogP contribution in [0.3, 0.4) is 0 Å². The van der Waals surface area contributed by atoms with Gasteiger partial charge >= 0.3 is 5.97 Å². The second-order valence-corrected chi connectivity index (χ2v) is 5.44. The first-order chi connectivity index (χ1) is 7.29. The van der Waals surface area contributed by atoms with Gasteiger partial charge in [0.05, 0.1) is 5.92 Å². The summed E-state index contributed by atoms with van der Waals surface area (Å²) in [6.45, 7) is 9.91. The van der Waals surface area contributed by atoms with E-state index < -0.39 is 5.97 Å². The van der Waals surface area contributed by atoms with Crippen molar-refractivity contribution in [1.29, 1.82) is 0 Å². The van der Waals surface area contributed by atoms with Gasteiger partial charge in [-0.3, -0.25) is 9.59 Å². The molecule has 2 unspecified atom stereocenters. The number of ketones is 1. The Morgan fingerprint density at radius 3 is 1.12 bits per heavy atom. The third kappa shape index (κ3) is 2.63. The van der Waals surface area contributed by atoms with Crippen LogP contribution in [0.25, 0.3) is 0 Å². The summed E-state index contributed by atoms with van der Waals surface area (Å²) in [5, 5.41) is 8.39. The van der Waals surface area contributed by atoms with Crippen molar-refractivity contribution in [2.24, 2.45) is 35.5 Å². The second-order valence-electron chi connectivity index (χ2n) is 5.44. The van der Waals surface area contributed by atoms with E-state index in [4.69, 9.17) is 5.11 Å². The van der Waals surface area contributed by atoms with Gasteiger partial charge in [-0.15, -0.1) is 0 Å². The molecule has 92 valence electrons. The number of carbonyl (C=O) groups excluding carboxylic acids is 1. The summed E-state index contributed by atoms with van der Waals surface area (Å²) in [6.07, 6.45) is 0. The van der Waals surface area contributed by atoms with Gasteiger partial charge in [0.1, 0.15) is 5.78 Å². The van der Waals surface area contributed by atoms with E-state index in [0.717, 1.165) is 0 Å². The number of hydrogen-bond donors (Lipinski definition) is 1. The van der Waals surface area contributed by atoms with E-state index in [0.29, 0.717) is 35.4 Å². The summed E-state index contributed by atoms with van der Waals surface area (Å²) < 4.78 is 0. The van der Waals surface area contributed by atoms with Crippen molar-refractivity contribution < 1.29 is 14.7 Å². The molecular formula is C13H22O3. The van der Waals surface area contributed by atoms with Crippen LogP contribution in [0.5, 0.6) is 0 Å². The summed E-state index contributed by atoms with van der Waals surface area (Å²) in [7, 11) is 0. The largest absolute Gasteiger partial charge is 0.481 e. The number of aliphatic carboxylic acids is 1. The minimum atomic E-state index is -0.634. The van der Waals surface area contributed by atoms with E-state index in [9.17, 15) is 9.59 Å². The average Bonchev–Trinajstić information content (AvgIpc) is 2.94. The van der Waals surface area contributed by atoms with Crippen LogP contribution in [0.15, 0.2) is 0 Å². The molecule has 2 aliphatic rings. The highest BCUT2D eigenvalue weighted by atomic mass is 16.4. The summed E-state index contributed by atoms with van der Waals surface area (Å²) >= 11 is 0. The van der Waals surface area contributed by atoms with E-state index in [1.54, 1.807) is 6.92 Å². The van der Waals surface area contributed by atoms with Crippen molar-refractivity contribution in [3.05, 3.63) is 0 Å². The van der Waals surface area contributed by atoms with Gasteiger partial charge in [0, 0.05) is 5.92 Å². The maximum absolute atomic E-state index is 10.6. The molecule has 0 bridgehead atoms. The van der Waals surface area contributed by atoms with Gasteiger partial charge in [-0.05, 0) is 30.6 Å². The Morgan fingerprint density at radius 1 is 0.812 bits per heavy atom. The topological polar surface area (TPSA) is 54.4 Å². The number of rotatable bonds is 2. The Bertz CT molecular complexity index is 252. The lowest BCUT2D eigenvalue weighted by Crippen LogP contribution is -1.98. The fourth-order valence-corrected chi connectivity index (χ4v) is 2.52. The van der Waals surface area contributed by atoms with Gasteiger partial charge in [0.2, 0.25) is 0 Å². The lowest BCUT2D eigenvalue weighted by molar-refractivity contribution is -0.139. The van der Waals surface area contributed by atoms with E-state index in [2.05, 4.69) is 13.8 Å². The molecule has 0 heterocycles. The standard InChI is InChI=1S/C7H12O.C6H10O2/c1-4-5(2)7(4)6(3)8;1-3-4(2)5(3)6(7)8/h4-5,7H,1-3H3;3-5H,1-2H3,(H,7,8)/t4-,5+,7?;3-,4+,5?. The van der Waals surface area contributed by atoms with Crippen molar-refractivity contribution in [3.63, 3.8) is 0 Å². The van der Waals surface area contributed by atoms with Gasteiger partial charge in [-0.2, -0.15) is 0 Å². The fourth-order valence-electron chi connectivity index (χ4n) is 2.52. The molecular weight excluding hydrogens is 204 g/mol. The quantitative estimate of drug-likeness (QED) is 0.786. The highest BCUT2D eigenvalue weighted by Crippen LogP contribution is 2.45. The Kier molecular flexibility index (Phi) is 3.76. The first-order valence-electron chi connectivity index (χ1n) is 6.02. The average molecular weight is 226 g/mol. The zero-order valence-electron chi connectivity index (χ0n) is 10.7. The predicted molar refractivity (Wildman–Crippen MR) is 62.0 cm³/mol. The van der Waals surface area contributed by atoms with Crippen molar-refractivity contribution in [2.75, 3.05) is 0 Å². The van der Waals surface area contributed by atoms with Gasteiger partial charge < -0.3 is 5.11 Å². The molecule has 16 heavy (non-hydrogen) atoms. The lowest BCUT2D eigenvalue weighted by Gasteiger charge is -1.82. The summed E-state index contributed by atoms with van der Waals surface area (Å²) in [5.74, 6) is 2.22. The molecule has 0 radical (unpaired) electrons. The maximum Gasteiger partial charge on any atom is 0.307 e. The van der Waals surface area contributed by atoms with Gasteiger partial charge in [-0.25, -0.2) is 0 Å². The van der Waals surface area contributed by atoms with Gasteiger partial charge in [0.25, 0.3) is 0 Å². The lowest BCUT2D eigenvalue weighted by atomic mass is 10.2. The minimum absolute atomic E-state index is 0.0463. The van der Waals surface area contributed by atoms with Crippen LogP contribution < -0.4 is 0 Å². The Hall–Kier alpha value is -0.860. The molecule has 0 aromatic heterocycles. The minimum Gasteiger partial charge on any atom is -0.481 e. The fraction of sp³-hybridized carbons (Fsp3) is 0.846. The monoisotopic (exact) mass is 226 g/mol. The zero-order chi connectivity index (χ0) is 12.6. The molecule has 2 fully saturated rings. The maximum atomic E-state index is 10.6. The summed E-state index contributed by atoms with van der Waals surface area (Å²) in [6, 6.07) is 0. The Balaban J connectivity index is 0.000000160. The molecule has 2 saturated carbocycles. The van der Waals surface area contributed by atoms with Crippen molar-refractivity contribution in [2.45, 2.75) is 34.6 Å². The smallest absolute Gasteiger partial charge is 0.307 e. The third-order valence-corrected chi connectivity index (χ3v) is 4.40. The molecule has 0 aromatic rings. The number of carboxylic acid groups (broad SMARTS) is 1. The zero-order valence-corrected chi connectivity index (χ0v) is 10.7. The summed E-state index contributed by atoms with van der Waals surface area (Å²) in [5.41, 5.74) is 0. The third-order valence-electron chi connectivity index (χ3n) is 4.40. The van der Waals surface area contributed by atoms with E-state index in [-0.39, 0.29) is 5.92 Å². The Morgan fingerprint density at radius 2 is 1.12 bits per heavy atom. The van der Waals surface area contributed by atoms with E-state index in [1.165, 1.54) is 0 Å². The molecule has 0 amide bonds. The van der Waals surface area contributed by atoms with Crippen LogP contribution in [0.2, 0.25) is 0 Å². The summed E-state index contributed by atoms with van der Waals surface area (Å²) in [4.78, 5) is 20.8. The van der Waals surface area contributed by atoms with Crippen molar-refractivity contribution in [1.82, 2.24) is 0 Å². The molecule has 0 spiro atoms. The highest BCUT2D eigenvalue weighted by molar-refractivity contribution is 5.81. The SMILES string of the molecule is CC(=O)C1[C@@H](C)[C@H]1C.C[C@@H]1C(C(=O)O)[C@@H]1C. The van der Waals surface area contributed by atoms with Crippen LogP contribution in [-0.4, -0.2) is 16.9 Å². The van der Waals surface area contributed by atoms with Gasteiger partial charge in [0.15, 0.2) is 0 Å².